The van der Waals surface area contributed by atoms with Crippen LogP contribution in [0.15, 0.2) is 60.7 Å². The number of rotatable bonds is 6. The van der Waals surface area contributed by atoms with Crippen LogP contribution in [-0.4, -0.2) is 46.9 Å². The number of halogens is 2. The van der Waals surface area contributed by atoms with Crippen LogP contribution in [0.2, 0.25) is 0 Å². The summed E-state index contributed by atoms with van der Waals surface area (Å²) in [7, 11) is 1.66. The van der Waals surface area contributed by atoms with Gasteiger partial charge in [-0.05, 0) is 36.6 Å². The summed E-state index contributed by atoms with van der Waals surface area (Å²) in [6, 6.07) is 9.54. The van der Waals surface area contributed by atoms with Gasteiger partial charge in [0.15, 0.2) is 6.10 Å². The molecule has 1 aliphatic rings. The molecule has 174 valence electrons. The van der Waals surface area contributed by atoms with Gasteiger partial charge in [0.2, 0.25) is 11.8 Å². The highest BCUT2D eigenvalue weighted by molar-refractivity contribution is 5.93. The summed E-state index contributed by atoms with van der Waals surface area (Å²) in [6.07, 6.45) is 2.11. The summed E-state index contributed by atoms with van der Waals surface area (Å²) in [6.45, 7) is 1.37. The third-order valence-corrected chi connectivity index (χ3v) is 5.45. The van der Waals surface area contributed by atoms with Crippen molar-refractivity contribution in [3.63, 3.8) is 0 Å². The number of aliphatic hydroxyl groups excluding tert-OH is 1. The second-order valence-corrected chi connectivity index (χ2v) is 7.86. The molecule has 0 saturated carbocycles. The number of likely N-dealkylation sites (N-methyl/N-ethyl adjacent to an activating group) is 1. The third kappa shape index (κ3) is 5.81. The molecular weight excluding hydrogens is 432 g/mol. The molecule has 0 aliphatic carbocycles. The van der Waals surface area contributed by atoms with Crippen molar-refractivity contribution in [3.05, 3.63) is 83.4 Å². The van der Waals surface area contributed by atoms with Gasteiger partial charge in [-0.2, -0.15) is 0 Å². The molecule has 0 saturated heterocycles. The molecule has 1 aliphatic heterocycles. The number of hydrogen-bond acceptors (Lipinski definition) is 4. The molecular formula is C24H25F2N3O4. The molecule has 0 spiro atoms. The summed E-state index contributed by atoms with van der Waals surface area (Å²) < 4.78 is 26.7. The van der Waals surface area contributed by atoms with Gasteiger partial charge in [-0.1, -0.05) is 42.5 Å². The van der Waals surface area contributed by atoms with Crippen LogP contribution in [0.4, 0.5) is 8.78 Å². The van der Waals surface area contributed by atoms with Crippen LogP contribution in [0.25, 0.3) is 0 Å². The van der Waals surface area contributed by atoms with Crippen LogP contribution in [0.5, 0.6) is 0 Å². The zero-order chi connectivity index (χ0) is 24.1. The fourth-order valence-corrected chi connectivity index (χ4v) is 3.62. The van der Waals surface area contributed by atoms with Gasteiger partial charge in [0.05, 0.1) is 6.04 Å². The second kappa shape index (κ2) is 10.4. The van der Waals surface area contributed by atoms with Crippen LogP contribution in [0.3, 0.4) is 0 Å². The average molecular weight is 457 g/mol. The number of aliphatic hydroxyl groups is 1. The van der Waals surface area contributed by atoms with Gasteiger partial charge in [0, 0.05) is 13.1 Å². The smallest absolute Gasteiger partial charge is 0.254 e. The maximum atomic E-state index is 13.4. The Balaban J connectivity index is 1.62. The normalized spacial score (nSPS) is 20.0. The van der Waals surface area contributed by atoms with Crippen LogP contribution in [0.1, 0.15) is 36.6 Å². The largest absolute Gasteiger partial charge is 0.378 e. The number of carbonyl (C=O) groups is 3. The van der Waals surface area contributed by atoms with E-state index in [0.29, 0.717) is 12.5 Å². The molecule has 3 rings (SSSR count). The number of nitrogens with zero attached hydrogens (tertiary/aromatic N) is 1. The molecule has 0 aromatic heterocycles. The van der Waals surface area contributed by atoms with Gasteiger partial charge in [0.1, 0.15) is 23.7 Å². The lowest BCUT2D eigenvalue weighted by atomic mass is 10.0. The fraction of sp³-hybridized carbons (Fsp3) is 0.292. The van der Waals surface area contributed by atoms with E-state index in [-0.39, 0.29) is 17.5 Å². The van der Waals surface area contributed by atoms with Crippen molar-refractivity contribution >= 4 is 17.7 Å². The Labute approximate surface area is 190 Å². The zero-order valence-corrected chi connectivity index (χ0v) is 18.2. The van der Waals surface area contributed by atoms with Crippen molar-refractivity contribution in [2.24, 2.45) is 0 Å². The van der Waals surface area contributed by atoms with Crippen molar-refractivity contribution in [1.82, 2.24) is 15.5 Å². The lowest BCUT2D eigenvalue weighted by molar-refractivity contribution is -0.137. The molecule has 33 heavy (non-hydrogen) atoms. The minimum Gasteiger partial charge on any atom is -0.378 e. The van der Waals surface area contributed by atoms with Crippen molar-refractivity contribution in [3.8, 4) is 0 Å². The Kier molecular flexibility index (Phi) is 7.55. The minimum atomic E-state index is -1.87. The van der Waals surface area contributed by atoms with Crippen LogP contribution < -0.4 is 10.6 Å². The van der Waals surface area contributed by atoms with E-state index >= 15 is 0 Å². The van der Waals surface area contributed by atoms with E-state index in [1.165, 1.54) is 6.92 Å². The second-order valence-electron chi connectivity index (χ2n) is 7.86. The quantitative estimate of drug-likeness (QED) is 0.579. The van der Waals surface area contributed by atoms with E-state index in [1.54, 1.807) is 18.0 Å². The van der Waals surface area contributed by atoms with E-state index in [0.717, 1.165) is 17.7 Å². The van der Waals surface area contributed by atoms with E-state index in [4.69, 9.17) is 0 Å². The van der Waals surface area contributed by atoms with E-state index < -0.39 is 41.6 Å². The number of hydrogen-bond donors (Lipinski definition) is 3. The lowest BCUT2D eigenvalue weighted by Crippen LogP contribution is -2.52. The van der Waals surface area contributed by atoms with Crippen LogP contribution in [-0.2, 0) is 14.4 Å². The predicted molar refractivity (Wildman–Crippen MR) is 117 cm³/mol. The minimum absolute atomic E-state index is 0.184. The number of benzene rings is 2. The van der Waals surface area contributed by atoms with Gasteiger partial charge in [-0.25, -0.2) is 8.78 Å². The highest BCUT2D eigenvalue weighted by Gasteiger charge is 2.31. The first-order valence-electron chi connectivity index (χ1n) is 10.4. The van der Waals surface area contributed by atoms with Gasteiger partial charge in [-0.3, -0.25) is 14.4 Å². The van der Waals surface area contributed by atoms with Crippen molar-refractivity contribution in [2.75, 3.05) is 7.05 Å². The molecule has 2 aromatic rings. The molecule has 1 heterocycles. The number of amides is 3. The van der Waals surface area contributed by atoms with Crippen molar-refractivity contribution < 1.29 is 28.3 Å². The van der Waals surface area contributed by atoms with E-state index in [2.05, 4.69) is 10.6 Å². The van der Waals surface area contributed by atoms with Gasteiger partial charge < -0.3 is 20.6 Å². The lowest BCUT2D eigenvalue weighted by Gasteiger charge is -2.29. The topological polar surface area (TPSA) is 98.7 Å². The highest BCUT2D eigenvalue weighted by atomic mass is 19.1. The molecule has 7 nitrogen and oxygen atoms in total. The Morgan fingerprint density at radius 1 is 1.09 bits per heavy atom. The van der Waals surface area contributed by atoms with Crippen molar-refractivity contribution in [1.29, 1.82) is 0 Å². The first-order chi connectivity index (χ1) is 15.7. The summed E-state index contributed by atoms with van der Waals surface area (Å²) >= 11 is 0. The molecule has 9 heteroatoms. The van der Waals surface area contributed by atoms with Gasteiger partial charge in [0.25, 0.3) is 5.91 Å². The Hall–Kier alpha value is -3.59. The third-order valence-electron chi connectivity index (χ3n) is 5.45. The van der Waals surface area contributed by atoms with Gasteiger partial charge in [-0.15, -0.1) is 0 Å². The maximum absolute atomic E-state index is 13.4. The van der Waals surface area contributed by atoms with E-state index in [1.807, 2.05) is 36.4 Å². The molecule has 2 aromatic carbocycles. The summed E-state index contributed by atoms with van der Waals surface area (Å²) in [4.78, 5) is 39.4. The predicted octanol–water partition coefficient (Wildman–Crippen LogP) is 2.15. The fourth-order valence-electron chi connectivity index (χ4n) is 3.62. The zero-order valence-electron chi connectivity index (χ0n) is 18.2. The average Bonchev–Trinajstić information content (AvgIpc) is 2.92. The van der Waals surface area contributed by atoms with Gasteiger partial charge >= 0.3 is 0 Å². The summed E-state index contributed by atoms with van der Waals surface area (Å²) in [5, 5.41) is 15.0. The Bertz CT molecular complexity index is 1040. The summed E-state index contributed by atoms with van der Waals surface area (Å²) in [5.41, 5.74) is 0.682. The standard InChI is InChI=1S/C24H25F2N3O4/c1-14(27-23(32)21(30)16-11-17(25)13-18(26)12-16)22(31)28-19-9-6-10-20(29(2)24(19)33)15-7-4-3-5-8-15/h3-9,11-14,19-21,30H,10H2,1-2H3,(H,27,32)(H,28,31)/t14-,19-,20-,21-/m0/s1. The van der Waals surface area contributed by atoms with E-state index in [9.17, 15) is 28.3 Å². The Morgan fingerprint density at radius 2 is 1.73 bits per heavy atom. The molecule has 4 atom stereocenters. The highest BCUT2D eigenvalue weighted by Crippen LogP contribution is 2.26. The van der Waals surface area contributed by atoms with Crippen LogP contribution >= 0.6 is 0 Å². The number of carbonyl (C=O) groups excluding carboxylic acids is 3. The SMILES string of the molecule is C[C@H](NC(=O)[C@@H](O)c1cc(F)cc(F)c1)C(=O)N[C@H]1C=CC[C@@H](c2ccccc2)N(C)C1=O. The summed E-state index contributed by atoms with van der Waals surface area (Å²) in [5.74, 6) is -3.87. The molecule has 0 radical (unpaired) electrons. The molecule has 0 bridgehead atoms. The first-order valence-corrected chi connectivity index (χ1v) is 10.4. The number of nitrogens with one attached hydrogen (secondary N) is 2. The van der Waals surface area contributed by atoms with Crippen molar-refractivity contribution in [2.45, 2.75) is 37.6 Å². The molecule has 0 fully saturated rings. The molecule has 3 N–H and O–H groups in total. The molecule has 3 amide bonds. The maximum Gasteiger partial charge on any atom is 0.254 e. The first kappa shape index (κ1) is 24.1. The molecule has 0 unspecified atom stereocenters. The Morgan fingerprint density at radius 3 is 2.36 bits per heavy atom. The monoisotopic (exact) mass is 457 g/mol. The van der Waals surface area contributed by atoms with Crippen LogP contribution in [0, 0.1) is 11.6 Å².